The summed E-state index contributed by atoms with van der Waals surface area (Å²) in [7, 11) is 0. The number of rotatable bonds is 3. The number of thioether (sulfide) groups is 1. The third-order valence-corrected chi connectivity index (χ3v) is 5.42. The van der Waals surface area contributed by atoms with Crippen molar-refractivity contribution < 1.29 is 4.79 Å². The Morgan fingerprint density at radius 2 is 2.05 bits per heavy atom. The van der Waals surface area contributed by atoms with Gasteiger partial charge in [-0.1, -0.05) is 0 Å². The van der Waals surface area contributed by atoms with Crippen LogP contribution in [0.3, 0.4) is 0 Å². The summed E-state index contributed by atoms with van der Waals surface area (Å²) in [5.41, 5.74) is 0. The lowest BCUT2D eigenvalue weighted by Gasteiger charge is -2.33. The third kappa shape index (κ3) is 2.45. The molecule has 110 valence electrons. The van der Waals surface area contributed by atoms with Crippen LogP contribution in [0.5, 0.6) is 0 Å². The normalized spacial score (nSPS) is 21.0. The van der Waals surface area contributed by atoms with Crippen molar-refractivity contribution in [2.75, 3.05) is 19.3 Å². The Morgan fingerprint density at radius 3 is 2.75 bits per heavy atom. The van der Waals surface area contributed by atoms with E-state index in [0.717, 1.165) is 50.5 Å². The lowest BCUT2D eigenvalue weighted by Crippen LogP contribution is -2.42. The van der Waals surface area contributed by atoms with Gasteiger partial charge in [0.05, 0.1) is 5.25 Å². The number of likely N-dealkylation sites (tertiary alicyclic amines) is 1. The van der Waals surface area contributed by atoms with E-state index in [4.69, 9.17) is 0 Å². The summed E-state index contributed by atoms with van der Waals surface area (Å²) >= 11 is 1.62. The molecule has 3 heterocycles. The van der Waals surface area contributed by atoms with Crippen molar-refractivity contribution in [3.63, 3.8) is 0 Å². The van der Waals surface area contributed by atoms with Crippen LogP contribution >= 0.6 is 11.8 Å². The second kappa shape index (κ2) is 5.76. The first-order valence-corrected chi connectivity index (χ1v) is 8.73. The van der Waals surface area contributed by atoms with E-state index in [1.54, 1.807) is 11.8 Å². The van der Waals surface area contributed by atoms with Gasteiger partial charge < -0.3 is 9.47 Å². The minimum Gasteiger partial charge on any atom is -0.342 e. The molecule has 2 aliphatic heterocycles. The van der Waals surface area contributed by atoms with E-state index in [0.29, 0.717) is 5.92 Å². The zero-order valence-corrected chi connectivity index (χ0v) is 13.0. The Balaban J connectivity index is 1.62. The molecule has 3 rings (SSSR count). The quantitative estimate of drug-likeness (QED) is 0.851. The number of aromatic nitrogens is 3. The SMILES string of the molecule is CS[C@@H](C)C(=O)N1CCC(c2nnc3n2CCC3)CC1. The number of hydrogen-bond donors (Lipinski definition) is 0. The molecular formula is C14H22N4OS. The van der Waals surface area contributed by atoms with E-state index in [1.807, 2.05) is 18.1 Å². The number of hydrogen-bond acceptors (Lipinski definition) is 4. The van der Waals surface area contributed by atoms with Crippen molar-refractivity contribution in [1.82, 2.24) is 19.7 Å². The highest BCUT2D eigenvalue weighted by atomic mass is 32.2. The van der Waals surface area contributed by atoms with Gasteiger partial charge in [-0.25, -0.2) is 0 Å². The van der Waals surface area contributed by atoms with E-state index in [9.17, 15) is 4.79 Å². The van der Waals surface area contributed by atoms with Crippen LogP contribution in [0.25, 0.3) is 0 Å². The number of piperidine rings is 1. The average Bonchev–Trinajstić information content (AvgIpc) is 3.08. The molecule has 6 heteroatoms. The minimum absolute atomic E-state index is 0.0730. The highest BCUT2D eigenvalue weighted by Crippen LogP contribution is 2.29. The third-order valence-electron chi connectivity index (χ3n) is 4.51. The topological polar surface area (TPSA) is 51.0 Å². The molecule has 0 saturated carbocycles. The van der Waals surface area contributed by atoms with Crippen molar-refractivity contribution in [3.05, 3.63) is 11.6 Å². The van der Waals surface area contributed by atoms with Gasteiger partial charge in [0.2, 0.25) is 5.91 Å². The fourth-order valence-corrected chi connectivity index (χ4v) is 3.54. The summed E-state index contributed by atoms with van der Waals surface area (Å²) in [6.45, 7) is 4.78. The molecule has 0 radical (unpaired) electrons. The van der Waals surface area contributed by atoms with Gasteiger partial charge in [-0.3, -0.25) is 4.79 Å². The van der Waals surface area contributed by atoms with Crippen LogP contribution in [0.1, 0.15) is 43.8 Å². The second-order valence-corrected chi connectivity index (χ2v) is 6.89. The largest absolute Gasteiger partial charge is 0.342 e. The molecule has 0 aliphatic carbocycles. The first-order chi connectivity index (χ1) is 9.70. The molecule has 0 bridgehead atoms. The predicted molar refractivity (Wildman–Crippen MR) is 79.9 cm³/mol. The summed E-state index contributed by atoms with van der Waals surface area (Å²) in [6.07, 6.45) is 6.29. The Labute approximate surface area is 124 Å². The van der Waals surface area contributed by atoms with Crippen molar-refractivity contribution >= 4 is 17.7 Å². The summed E-state index contributed by atoms with van der Waals surface area (Å²) < 4.78 is 2.30. The molecule has 1 aromatic heterocycles. The Morgan fingerprint density at radius 1 is 1.30 bits per heavy atom. The van der Waals surface area contributed by atoms with E-state index >= 15 is 0 Å². The number of carbonyl (C=O) groups is 1. The van der Waals surface area contributed by atoms with Gasteiger partial charge in [0.1, 0.15) is 11.6 Å². The van der Waals surface area contributed by atoms with Crippen molar-refractivity contribution in [1.29, 1.82) is 0 Å². The molecular weight excluding hydrogens is 272 g/mol. The molecule has 0 aromatic carbocycles. The fraction of sp³-hybridized carbons (Fsp3) is 0.786. The van der Waals surface area contributed by atoms with Crippen molar-refractivity contribution in [3.8, 4) is 0 Å². The van der Waals surface area contributed by atoms with E-state index < -0.39 is 0 Å². The monoisotopic (exact) mass is 294 g/mol. The molecule has 0 unspecified atom stereocenters. The second-order valence-electron chi connectivity index (χ2n) is 5.71. The highest BCUT2D eigenvalue weighted by molar-refractivity contribution is 7.99. The number of fused-ring (bicyclic) bond motifs is 1. The first-order valence-electron chi connectivity index (χ1n) is 7.44. The number of carbonyl (C=O) groups excluding carboxylic acids is 1. The molecule has 1 aromatic rings. The van der Waals surface area contributed by atoms with Crippen LogP contribution in [0.4, 0.5) is 0 Å². The molecule has 1 atom stereocenters. The maximum atomic E-state index is 12.2. The minimum atomic E-state index is 0.0730. The van der Waals surface area contributed by atoms with Gasteiger partial charge >= 0.3 is 0 Å². The zero-order chi connectivity index (χ0) is 14.1. The number of aryl methyl sites for hydroxylation is 1. The molecule has 1 saturated heterocycles. The molecule has 5 nitrogen and oxygen atoms in total. The Kier molecular flexibility index (Phi) is 4.01. The van der Waals surface area contributed by atoms with Crippen LogP contribution in [0.15, 0.2) is 0 Å². The van der Waals surface area contributed by atoms with Crippen molar-refractivity contribution in [2.24, 2.45) is 0 Å². The smallest absolute Gasteiger partial charge is 0.235 e. The maximum absolute atomic E-state index is 12.2. The Hall–Kier alpha value is -1.04. The summed E-state index contributed by atoms with van der Waals surface area (Å²) in [4.78, 5) is 14.2. The summed E-state index contributed by atoms with van der Waals surface area (Å²) in [5, 5.41) is 8.76. The van der Waals surface area contributed by atoms with E-state index in [2.05, 4.69) is 14.8 Å². The van der Waals surface area contributed by atoms with Gasteiger partial charge in [-0.2, -0.15) is 11.8 Å². The standard InChI is InChI=1S/C14H22N4OS/c1-10(20-2)14(19)17-8-5-11(6-9-17)13-16-15-12-4-3-7-18(12)13/h10-11H,3-9H2,1-2H3/t10-/m0/s1. The van der Waals surface area contributed by atoms with Crippen LogP contribution in [0, 0.1) is 0 Å². The molecule has 20 heavy (non-hydrogen) atoms. The van der Waals surface area contributed by atoms with Crippen LogP contribution in [-0.4, -0.2) is 50.2 Å². The number of amides is 1. The summed E-state index contributed by atoms with van der Waals surface area (Å²) in [5.74, 6) is 3.06. The van der Waals surface area contributed by atoms with Crippen LogP contribution in [-0.2, 0) is 17.8 Å². The molecule has 0 N–H and O–H groups in total. The maximum Gasteiger partial charge on any atom is 0.235 e. The molecule has 1 fully saturated rings. The first kappa shape index (κ1) is 13.9. The van der Waals surface area contributed by atoms with Gasteiger partial charge in [0.25, 0.3) is 0 Å². The molecule has 0 spiro atoms. The summed E-state index contributed by atoms with van der Waals surface area (Å²) in [6, 6.07) is 0. The molecule has 1 amide bonds. The van der Waals surface area contributed by atoms with Gasteiger partial charge in [0, 0.05) is 32.0 Å². The zero-order valence-electron chi connectivity index (χ0n) is 12.2. The highest BCUT2D eigenvalue weighted by Gasteiger charge is 2.30. The van der Waals surface area contributed by atoms with Crippen molar-refractivity contribution in [2.45, 2.75) is 50.3 Å². The van der Waals surface area contributed by atoms with E-state index in [1.165, 1.54) is 6.42 Å². The van der Waals surface area contributed by atoms with Gasteiger partial charge in [-0.05, 0) is 32.4 Å². The number of nitrogens with zero attached hydrogens (tertiary/aromatic N) is 4. The lowest BCUT2D eigenvalue weighted by atomic mass is 9.95. The van der Waals surface area contributed by atoms with Gasteiger partial charge in [-0.15, -0.1) is 10.2 Å². The lowest BCUT2D eigenvalue weighted by molar-refractivity contribution is -0.131. The predicted octanol–water partition coefficient (Wildman–Crippen LogP) is 1.68. The van der Waals surface area contributed by atoms with Crippen LogP contribution < -0.4 is 0 Å². The molecule has 2 aliphatic rings. The van der Waals surface area contributed by atoms with E-state index in [-0.39, 0.29) is 11.2 Å². The van der Waals surface area contributed by atoms with Crippen LogP contribution in [0.2, 0.25) is 0 Å². The fourth-order valence-electron chi connectivity index (χ4n) is 3.19. The van der Waals surface area contributed by atoms with Gasteiger partial charge in [0.15, 0.2) is 0 Å². The average molecular weight is 294 g/mol. The Bertz CT molecular complexity index is 493.